The maximum Gasteiger partial charge on any atom is 0.275 e. The Morgan fingerprint density at radius 3 is 2.34 bits per heavy atom. The van der Waals surface area contributed by atoms with Crippen molar-refractivity contribution < 1.29 is 17.2 Å². The highest BCUT2D eigenvalue weighted by Crippen LogP contribution is 2.24. The molecule has 0 unspecified atom stereocenters. The Morgan fingerprint density at radius 2 is 1.75 bits per heavy atom. The van der Waals surface area contributed by atoms with Gasteiger partial charge in [0.25, 0.3) is 5.56 Å². The zero-order chi connectivity index (χ0) is 23.5. The molecule has 5 nitrogen and oxygen atoms in total. The van der Waals surface area contributed by atoms with Crippen molar-refractivity contribution in [3.05, 3.63) is 88.4 Å². The van der Waals surface area contributed by atoms with E-state index in [0.717, 1.165) is 23.1 Å². The van der Waals surface area contributed by atoms with E-state index in [1.54, 1.807) is 12.1 Å². The quantitative estimate of drug-likeness (QED) is 0.480. The molecule has 168 valence electrons. The van der Waals surface area contributed by atoms with Gasteiger partial charge < -0.3 is 0 Å². The van der Waals surface area contributed by atoms with Crippen LogP contribution in [0.1, 0.15) is 25.8 Å². The van der Waals surface area contributed by atoms with Gasteiger partial charge in [-0.2, -0.15) is 9.78 Å². The summed E-state index contributed by atoms with van der Waals surface area (Å²) in [5.41, 5.74) is 1.32. The van der Waals surface area contributed by atoms with Gasteiger partial charge in [-0.25, -0.2) is 17.2 Å². The van der Waals surface area contributed by atoms with Crippen molar-refractivity contribution in [1.29, 1.82) is 0 Å². The SMILES string of the molecule is CC(C)/C=C/CCc1c(-c2ccc(S(C)(=O)=O)cc2)cnn(-c2ccc(F)c(F)c2)c1=O. The lowest BCUT2D eigenvalue weighted by atomic mass is 9.99. The predicted octanol–water partition coefficient (Wildman–Crippen LogP) is 4.73. The average Bonchev–Trinajstić information content (AvgIpc) is 2.73. The molecule has 1 heterocycles. The Bertz CT molecular complexity index is 1310. The molecular weight excluding hydrogens is 434 g/mol. The zero-order valence-electron chi connectivity index (χ0n) is 18.0. The molecule has 0 atom stereocenters. The van der Waals surface area contributed by atoms with Gasteiger partial charge in [-0.1, -0.05) is 38.1 Å². The number of sulfone groups is 1. The van der Waals surface area contributed by atoms with Crippen LogP contribution in [0.4, 0.5) is 8.78 Å². The third-order valence-electron chi connectivity index (χ3n) is 4.90. The summed E-state index contributed by atoms with van der Waals surface area (Å²) in [5.74, 6) is -1.71. The maximum absolute atomic E-state index is 13.7. The normalized spacial score (nSPS) is 12.1. The first-order chi connectivity index (χ1) is 15.1. The van der Waals surface area contributed by atoms with Crippen LogP contribution in [0.5, 0.6) is 0 Å². The van der Waals surface area contributed by atoms with Crippen LogP contribution in [0.3, 0.4) is 0 Å². The molecule has 0 amide bonds. The fourth-order valence-electron chi connectivity index (χ4n) is 3.26. The van der Waals surface area contributed by atoms with Crippen LogP contribution < -0.4 is 5.56 Å². The summed E-state index contributed by atoms with van der Waals surface area (Å²) in [7, 11) is -3.35. The molecule has 0 bridgehead atoms. The lowest BCUT2D eigenvalue weighted by molar-refractivity contribution is 0.507. The highest BCUT2D eigenvalue weighted by atomic mass is 32.2. The smallest absolute Gasteiger partial charge is 0.267 e. The third-order valence-corrected chi connectivity index (χ3v) is 6.03. The van der Waals surface area contributed by atoms with E-state index in [9.17, 15) is 22.0 Å². The molecule has 2 aromatic carbocycles. The topological polar surface area (TPSA) is 69.0 Å². The maximum atomic E-state index is 13.7. The fourth-order valence-corrected chi connectivity index (χ4v) is 3.89. The standard InChI is InChI=1S/C24H24F2N2O3S/c1-16(2)6-4-5-7-20-21(17-8-11-19(12-9-17)32(3,30)31)15-27-28(24(20)29)18-10-13-22(25)23(26)14-18/h4,6,8-16H,5,7H2,1-3H3/b6-4+. The second kappa shape index (κ2) is 9.56. The number of nitrogens with zero attached hydrogens (tertiary/aromatic N) is 2. The Morgan fingerprint density at radius 1 is 1.06 bits per heavy atom. The Kier molecular flexibility index (Phi) is 7.03. The molecule has 8 heteroatoms. The molecule has 0 fully saturated rings. The highest BCUT2D eigenvalue weighted by Gasteiger charge is 2.16. The number of aromatic nitrogens is 2. The van der Waals surface area contributed by atoms with Crippen LogP contribution >= 0.6 is 0 Å². The van der Waals surface area contributed by atoms with Gasteiger partial charge in [-0.15, -0.1) is 0 Å². The van der Waals surface area contributed by atoms with Crippen LogP contribution in [0.15, 0.2) is 70.5 Å². The molecule has 0 N–H and O–H groups in total. The Balaban J connectivity index is 2.10. The van der Waals surface area contributed by atoms with E-state index in [0.29, 0.717) is 35.4 Å². The van der Waals surface area contributed by atoms with Crippen molar-refractivity contribution >= 4 is 9.84 Å². The van der Waals surface area contributed by atoms with Gasteiger partial charge in [0.2, 0.25) is 0 Å². The van der Waals surface area contributed by atoms with Gasteiger partial charge in [0.15, 0.2) is 21.5 Å². The third kappa shape index (κ3) is 5.37. The molecule has 0 aliphatic rings. The minimum absolute atomic E-state index is 0.117. The van der Waals surface area contributed by atoms with Gasteiger partial charge in [-0.05, 0) is 48.6 Å². The molecular formula is C24H24F2N2O3S. The first-order valence-electron chi connectivity index (χ1n) is 10.1. The largest absolute Gasteiger partial charge is 0.275 e. The lowest BCUT2D eigenvalue weighted by Gasteiger charge is -2.13. The number of allylic oxidation sites excluding steroid dienone is 2. The van der Waals surface area contributed by atoms with E-state index in [4.69, 9.17) is 0 Å². The van der Waals surface area contributed by atoms with Crippen LogP contribution in [0, 0.1) is 17.6 Å². The summed E-state index contributed by atoms with van der Waals surface area (Å²) < 4.78 is 51.6. The Labute approximate surface area is 186 Å². The second-order valence-corrected chi connectivity index (χ2v) is 9.88. The van der Waals surface area contributed by atoms with Gasteiger partial charge in [-0.3, -0.25) is 4.79 Å². The van der Waals surface area contributed by atoms with E-state index in [2.05, 4.69) is 5.10 Å². The van der Waals surface area contributed by atoms with E-state index < -0.39 is 27.0 Å². The lowest BCUT2D eigenvalue weighted by Crippen LogP contribution is -2.25. The molecule has 0 saturated carbocycles. The summed E-state index contributed by atoms with van der Waals surface area (Å²) >= 11 is 0. The monoisotopic (exact) mass is 458 g/mol. The molecule has 3 rings (SSSR count). The molecule has 0 radical (unpaired) electrons. The fraction of sp³-hybridized carbons (Fsp3) is 0.250. The van der Waals surface area contributed by atoms with E-state index in [1.165, 1.54) is 24.4 Å². The molecule has 3 aromatic rings. The first-order valence-corrected chi connectivity index (χ1v) is 12.0. The van der Waals surface area contributed by atoms with Crippen molar-refractivity contribution in [3.63, 3.8) is 0 Å². The second-order valence-electron chi connectivity index (χ2n) is 7.86. The van der Waals surface area contributed by atoms with E-state index in [1.807, 2.05) is 26.0 Å². The molecule has 32 heavy (non-hydrogen) atoms. The van der Waals surface area contributed by atoms with Gasteiger partial charge in [0.05, 0.1) is 16.8 Å². The van der Waals surface area contributed by atoms with Gasteiger partial charge in [0, 0.05) is 23.4 Å². The summed E-state index contributed by atoms with van der Waals surface area (Å²) in [6, 6.07) is 9.37. The molecule has 0 saturated heterocycles. The summed E-state index contributed by atoms with van der Waals surface area (Å²) in [6.07, 6.45) is 7.64. The van der Waals surface area contributed by atoms with Crippen molar-refractivity contribution in [3.8, 4) is 16.8 Å². The van der Waals surface area contributed by atoms with Crippen molar-refractivity contribution in [2.75, 3.05) is 6.26 Å². The van der Waals surface area contributed by atoms with Gasteiger partial charge >= 0.3 is 0 Å². The highest BCUT2D eigenvalue weighted by molar-refractivity contribution is 7.90. The molecule has 0 spiro atoms. The summed E-state index contributed by atoms with van der Waals surface area (Å²) in [5, 5.41) is 4.16. The number of hydrogen-bond acceptors (Lipinski definition) is 4. The van der Waals surface area contributed by atoms with E-state index >= 15 is 0 Å². The summed E-state index contributed by atoms with van der Waals surface area (Å²) in [6.45, 7) is 4.10. The average molecular weight is 459 g/mol. The number of benzene rings is 2. The number of halogens is 2. The first kappa shape index (κ1) is 23.5. The van der Waals surface area contributed by atoms with Crippen molar-refractivity contribution in [2.45, 2.75) is 31.6 Å². The number of rotatable bonds is 7. The van der Waals surface area contributed by atoms with Crippen molar-refractivity contribution in [2.24, 2.45) is 5.92 Å². The van der Waals surface area contributed by atoms with E-state index in [-0.39, 0.29) is 10.6 Å². The summed E-state index contributed by atoms with van der Waals surface area (Å²) in [4.78, 5) is 13.5. The van der Waals surface area contributed by atoms with Crippen molar-refractivity contribution in [1.82, 2.24) is 9.78 Å². The predicted molar refractivity (Wildman–Crippen MR) is 121 cm³/mol. The minimum Gasteiger partial charge on any atom is -0.267 e. The molecule has 0 aliphatic heterocycles. The van der Waals surface area contributed by atoms with Crippen LogP contribution in [-0.4, -0.2) is 24.5 Å². The van der Waals surface area contributed by atoms with Crippen LogP contribution in [0.2, 0.25) is 0 Å². The van der Waals surface area contributed by atoms with Gasteiger partial charge in [0.1, 0.15) is 0 Å². The zero-order valence-corrected chi connectivity index (χ0v) is 18.9. The Hall–Kier alpha value is -3.13. The molecule has 1 aromatic heterocycles. The van der Waals surface area contributed by atoms with Crippen LogP contribution in [0.25, 0.3) is 16.8 Å². The minimum atomic E-state index is -3.35. The number of hydrogen-bond donors (Lipinski definition) is 0. The molecule has 0 aliphatic carbocycles. The van der Waals surface area contributed by atoms with Crippen LogP contribution in [-0.2, 0) is 16.3 Å².